The molecule has 2 atom stereocenters. The van der Waals surface area contributed by atoms with Gasteiger partial charge in [-0.25, -0.2) is 4.98 Å². The third kappa shape index (κ3) is 4.34. The molecule has 2 unspecified atom stereocenters. The van der Waals surface area contributed by atoms with Crippen LogP contribution in [0.5, 0.6) is 0 Å². The summed E-state index contributed by atoms with van der Waals surface area (Å²) in [5.74, 6) is 0.0111. The summed E-state index contributed by atoms with van der Waals surface area (Å²) in [7, 11) is 0. The van der Waals surface area contributed by atoms with Crippen molar-refractivity contribution in [3.63, 3.8) is 0 Å². The molecule has 0 aliphatic carbocycles. The van der Waals surface area contributed by atoms with Crippen molar-refractivity contribution in [1.82, 2.24) is 9.88 Å². The van der Waals surface area contributed by atoms with Gasteiger partial charge in [-0.3, -0.25) is 0 Å². The van der Waals surface area contributed by atoms with E-state index in [0.29, 0.717) is 17.4 Å². The van der Waals surface area contributed by atoms with E-state index in [9.17, 15) is 10.4 Å². The van der Waals surface area contributed by atoms with Gasteiger partial charge >= 0.3 is 0 Å². The van der Waals surface area contributed by atoms with Crippen molar-refractivity contribution in [1.29, 1.82) is 5.26 Å². The average Bonchev–Trinajstić information content (AvgIpc) is 3.17. The van der Waals surface area contributed by atoms with Gasteiger partial charge in [0.25, 0.3) is 0 Å². The maximum absolute atomic E-state index is 9.84. The molecule has 1 N–H and O–H groups in total. The molecule has 0 bridgehead atoms. The summed E-state index contributed by atoms with van der Waals surface area (Å²) < 4.78 is 5.82. The second-order valence-electron chi connectivity index (χ2n) is 7.94. The van der Waals surface area contributed by atoms with Gasteiger partial charge in [-0.2, -0.15) is 5.26 Å². The van der Waals surface area contributed by atoms with Crippen LogP contribution in [0.15, 0.2) is 52.9 Å². The maximum atomic E-state index is 9.84. The highest BCUT2D eigenvalue weighted by Crippen LogP contribution is 2.34. The van der Waals surface area contributed by atoms with Gasteiger partial charge in [0.05, 0.1) is 12.2 Å². The summed E-state index contributed by atoms with van der Waals surface area (Å²) in [6, 6.07) is 18.8. The quantitative estimate of drug-likeness (QED) is 0.683. The number of hydrogen-bond acceptors (Lipinski definition) is 5. The molecule has 0 spiro atoms. The number of likely N-dealkylation sites (tertiary alicyclic amines) is 1. The van der Waals surface area contributed by atoms with Crippen molar-refractivity contribution in [2.24, 2.45) is 0 Å². The number of aliphatic hydroxyl groups is 1. The lowest BCUT2D eigenvalue weighted by Crippen LogP contribution is -2.34. The molecule has 150 valence electrons. The number of aliphatic hydroxyl groups excluding tert-OH is 1. The molecule has 3 aromatic rings. The Bertz CT molecular complexity index is 982. The first kappa shape index (κ1) is 19.6. The standard InChI is InChI=1S/C24H27N3O2/c1-17(28)21(16-25)24-26-23-20(8-5-9-22(23)29-24)19-11-14-27(15-12-19)13-10-18-6-3-2-4-7-18/h2-9,17,19,21,28H,10-15H2,1H3. The SMILES string of the molecule is CC(O)C(C#N)c1nc2c(C3CCN(CCc4ccccc4)CC3)cccc2o1. The molecule has 1 fully saturated rings. The molecule has 0 saturated carbocycles. The Morgan fingerprint density at radius 2 is 1.93 bits per heavy atom. The van der Waals surface area contributed by atoms with Crippen LogP contribution in [0.2, 0.25) is 0 Å². The van der Waals surface area contributed by atoms with E-state index in [-0.39, 0.29) is 0 Å². The molecule has 4 rings (SSSR count). The van der Waals surface area contributed by atoms with Crippen LogP contribution in [0.1, 0.15) is 48.6 Å². The highest BCUT2D eigenvalue weighted by atomic mass is 16.4. The van der Waals surface area contributed by atoms with E-state index in [1.807, 2.05) is 12.1 Å². The lowest BCUT2D eigenvalue weighted by Gasteiger charge is -2.32. The van der Waals surface area contributed by atoms with Crippen LogP contribution in [0.3, 0.4) is 0 Å². The largest absolute Gasteiger partial charge is 0.439 e. The van der Waals surface area contributed by atoms with Crippen molar-refractivity contribution in [2.45, 2.75) is 44.1 Å². The van der Waals surface area contributed by atoms with Gasteiger partial charge in [0.15, 0.2) is 5.58 Å². The molecule has 2 heterocycles. The molecule has 0 amide bonds. The predicted molar refractivity (Wildman–Crippen MR) is 113 cm³/mol. The highest BCUT2D eigenvalue weighted by molar-refractivity contribution is 5.77. The number of para-hydroxylation sites is 1. The van der Waals surface area contributed by atoms with Gasteiger partial charge in [0, 0.05) is 6.54 Å². The van der Waals surface area contributed by atoms with Crippen molar-refractivity contribution in [2.75, 3.05) is 19.6 Å². The minimum atomic E-state index is -0.815. The zero-order valence-electron chi connectivity index (χ0n) is 16.8. The van der Waals surface area contributed by atoms with Crippen LogP contribution in [-0.2, 0) is 6.42 Å². The number of nitriles is 1. The fourth-order valence-corrected chi connectivity index (χ4v) is 4.22. The van der Waals surface area contributed by atoms with E-state index in [4.69, 9.17) is 4.42 Å². The van der Waals surface area contributed by atoms with Crippen molar-refractivity contribution in [3.8, 4) is 6.07 Å². The number of hydrogen-bond donors (Lipinski definition) is 1. The summed E-state index contributed by atoms with van der Waals surface area (Å²) in [4.78, 5) is 7.15. The van der Waals surface area contributed by atoms with Crippen LogP contribution in [0, 0.1) is 11.3 Å². The van der Waals surface area contributed by atoms with E-state index in [0.717, 1.165) is 44.4 Å². The molecule has 1 aliphatic heterocycles. The van der Waals surface area contributed by atoms with Gasteiger partial charge in [-0.1, -0.05) is 42.5 Å². The second kappa shape index (κ2) is 8.77. The monoisotopic (exact) mass is 389 g/mol. The first-order valence-electron chi connectivity index (χ1n) is 10.4. The third-order valence-electron chi connectivity index (χ3n) is 5.94. The molecule has 1 aliphatic rings. The van der Waals surface area contributed by atoms with Gasteiger partial charge in [-0.15, -0.1) is 0 Å². The second-order valence-corrected chi connectivity index (χ2v) is 7.94. The van der Waals surface area contributed by atoms with Gasteiger partial charge < -0.3 is 14.4 Å². The first-order chi connectivity index (χ1) is 14.2. The lowest BCUT2D eigenvalue weighted by atomic mass is 9.88. The Balaban J connectivity index is 1.44. The topological polar surface area (TPSA) is 73.3 Å². The van der Waals surface area contributed by atoms with Crippen LogP contribution in [0.4, 0.5) is 0 Å². The van der Waals surface area contributed by atoms with Crippen molar-refractivity contribution >= 4 is 11.1 Å². The molecule has 0 radical (unpaired) electrons. The Morgan fingerprint density at radius 3 is 2.62 bits per heavy atom. The van der Waals surface area contributed by atoms with Crippen LogP contribution >= 0.6 is 0 Å². The van der Waals surface area contributed by atoms with Crippen LogP contribution in [0.25, 0.3) is 11.1 Å². The van der Waals surface area contributed by atoms with E-state index >= 15 is 0 Å². The summed E-state index contributed by atoms with van der Waals surface area (Å²) in [6.45, 7) is 4.84. The summed E-state index contributed by atoms with van der Waals surface area (Å²) in [6.07, 6.45) is 2.45. The molecule has 29 heavy (non-hydrogen) atoms. The highest BCUT2D eigenvalue weighted by Gasteiger charge is 2.26. The Labute approximate surface area is 171 Å². The number of piperidine rings is 1. The minimum Gasteiger partial charge on any atom is -0.439 e. The van der Waals surface area contributed by atoms with Gasteiger partial charge in [0.2, 0.25) is 5.89 Å². The maximum Gasteiger partial charge on any atom is 0.215 e. The van der Waals surface area contributed by atoms with Crippen LogP contribution < -0.4 is 0 Å². The third-order valence-corrected chi connectivity index (χ3v) is 5.94. The number of nitrogens with zero attached hydrogens (tertiary/aromatic N) is 3. The lowest BCUT2D eigenvalue weighted by molar-refractivity contribution is 0.170. The number of rotatable bonds is 6. The van der Waals surface area contributed by atoms with Gasteiger partial charge in [-0.05, 0) is 62.4 Å². The normalized spacial score (nSPS) is 17.8. The van der Waals surface area contributed by atoms with E-state index in [2.05, 4.69) is 52.4 Å². The Hall–Kier alpha value is -2.68. The number of fused-ring (bicyclic) bond motifs is 1. The molecular formula is C24H27N3O2. The van der Waals surface area contributed by atoms with Gasteiger partial charge in [0.1, 0.15) is 11.4 Å². The summed E-state index contributed by atoms with van der Waals surface area (Å²) in [5.41, 5.74) is 4.12. The van der Waals surface area contributed by atoms with Crippen molar-refractivity contribution < 1.29 is 9.52 Å². The van der Waals surface area contributed by atoms with E-state index < -0.39 is 12.0 Å². The Kier molecular flexibility index (Phi) is 5.94. The van der Waals surface area contributed by atoms with Crippen molar-refractivity contribution in [3.05, 3.63) is 65.5 Å². The fraction of sp³-hybridized carbons (Fsp3) is 0.417. The molecular weight excluding hydrogens is 362 g/mol. The number of benzene rings is 2. The minimum absolute atomic E-state index is 0.310. The first-order valence-corrected chi connectivity index (χ1v) is 10.4. The summed E-state index contributed by atoms with van der Waals surface area (Å²) >= 11 is 0. The smallest absolute Gasteiger partial charge is 0.215 e. The Morgan fingerprint density at radius 1 is 1.17 bits per heavy atom. The average molecular weight is 389 g/mol. The van der Waals surface area contributed by atoms with E-state index in [1.54, 1.807) is 6.92 Å². The fourth-order valence-electron chi connectivity index (χ4n) is 4.22. The zero-order chi connectivity index (χ0) is 20.2. The zero-order valence-corrected chi connectivity index (χ0v) is 16.8. The van der Waals surface area contributed by atoms with E-state index in [1.165, 1.54) is 11.1 Å². The molecule has 2 aromatic carbocycles. The molecule has 5 heteroatoms. The molecule has 1 aromatic heterocycles. The number of oxazole rings is 1. The molecule has 5 nitrogen and oxygen atoms in total. The van der Waals surface area contributed by atoms with Crippen LogP contribution in [-0.4, -0.2) is 40.7 Å². The number of aromatic nitrogens is 1. The predicted octanol–water partition coefficient (Wildman–Crippen LogP) is 4.24. The molecule has 1 saturated heterocycles. The summed E-state index contributed by atoms with van der Waals surface area (Å²) in [5, 5.41) is 19.2.